The lowest BCUT2D eigenvalue weighted by atomic mass is 9.76. The second-order valence-corrected chi connectivity index (χ2v) is 11.3. The second kappa shape index (κ2) is 8.44. The Bertz CT molecular complexity index is 696. The highest BCUT2D eigenvalue weighted by atomic mass is 32.2. The monoisotopic (exact) mass is 412 g/mol. The molecule has 0 aromatic rings. The van der Waals surface area contributed by atoms with Crippen LogP contribution in [0, 0.1) is 11.8 Å². The molecule has 0 aromatic carbocycles. The fourth-order valence-corrected chi connectivity index (χ4v) is 7.48. The second-order valence-electron chi connectivity index (χ2n) is 8.87. The normalized spacial score (nSPS) is 37.4. The van der Waals surface area contributed by atoms with Crippen molar-refractivity contribution in [3.8, 4) is 0 Å². The van der Waals surface area contributed by atoms with Gasteiger partial charge >= 0.3 is 5.97 Å². The van der Waals surface area contributed by atoms with E-state index in [1.54, 1.807) is 0 Å². The third-order valence-electron chi connectivity index (χ3n) is 7.05. The highest BCUT2D eigenvalue weighted by Crippen LogP contribution is 2.56. The minimum Gasteiger partial charge on any atom is -0.481 e. The number of fused-ring (bicyclic) bond motifs is 5. The predicted octanol–water partition coefficient (Wildman–Crippen LogP) is 3.11. The van der Waals surface area contributed by atoms with Gasteiger partial charge in [0, 0.05) is 6.42 Å². The number of unbranched alkanes of at least 4 members (excludes halogenated alkanes) is 1. The van der Waals surface area contributed by atoms with Crippen molar-refractivity contribution < 1.29 is 27.8 Å². The Morgan fingerprint density at radius 2 is 1.64 bits per heavy atom. The van der Waals surface area contributed by atoms with Gasteiger partial charge in [-0.1, -0.05) is 31.4 Å². The summed E-state index contributed by atoms with van der Waals surface area (Å²) in [6, 6.07) is 0. The number of carboxylic acids is 1. The zero-order valence-electron chi connectivity index (χ0n) is 16.4. The average Bonchev–Trinajstić information content (AvgIpc) is 3.30. The van der Waals surface area contributed by atoms with Crippen LogP contribution in [-0.4, -0.2) is 54.9 Å². The summed E-state index contributed by atoms with van der Waals surface area (Å²) in [7, 11) is -3.03. The molecular formula is C21H32O6S. The number of rotatable bonds is 10. The molecule has 4 rings (SSSR count). The molecule has 1 aliphatic carbocycles. The molecule has 7 heteroatoms. The van der Waals surface area contributed by atoms with Gasteiger partial charge in [-0.05, 0) is 50.4 Å². The smallest absolute Gasteiger partial charge is 0.303 e. The van der Waals surface area contributed by atoms with Gasteiger partial charge in [-0.2, -0.15) is 0 Å². The van der Waals surface area contributed by atoms with Crippen LogP contribution in [0.3, 0.4) is 0 Å². The van der Waals surface area contributed by atoms with E-state index in [2.05, 4.69) is 12.2 Å². The number of carbonyl (C=O) groups is 1. The SMILES string of the molecule is O=C(O)CCC/C=C\C[C@H]1[C@@H](CCS(=O)(=O)C2CCCCC2)[C@@H]2O[C@H]1[C@@H]1O[C@@H]12. The number of epoxide rings is 1. The zero-order chi connectivity index (χ0) is 19.7. The fourth-order valence-electron chi connectivity index (χ4n) is 5.50. The Morgan fingerprint density at radius 3 is 2.36 bits per heavy atom. The van der Waals surface area contributed by atoms with E-state index >= 15 is 0 Å². The molecule has 0 unspecified atom stereocenters. The first kappa shape index (κ1) is 20.4. The maximum absolute atomic E-state index is 12.8. The lowest BCUT2D eigenvalue weighted by Crippen LogP contribution is -2.35. The van der Waals surface area contributed by atoms with Gasteiger partial charge in [0.05, 0.1) is 23.2 Å². The Balaban J connectivity index is 1.31. The molecule has 0 aromatic heterocycles. The van der Waals surface area contributed by atoms with Crippen LogP contribution in [0.2, 0.25) is 0 Å². The highest BCUT2D eigenvalue weighted by Gasteiger charge is 2.68. The summed E-state index contributed by atoms with van der Waals surface area (Å²) >= 11 is 0. The van der Waals surface area contributed by atoms with E-state index < -0.39 is 15.8 Å². The van der Waals surface area contributed by atoms with Gasteiger partial charge in [0.15, 0.2) is 9.84 Å². The molecule has 4 fully saturated rings. The largest absolute Gasteiger partial charge is 0.481 e. The Kier molecular flexibility index (Phi) is 6.14. The third-order valence-corrected chi connectivity index (χ3v) is 9.34. The third kappa shape index (κ3) is 4.31. The van der Waals surface area contributed by atoms with Crippen LogP contribution in [0.25, 0.3) is 0 Å². The molecule has 0 amide bonds. The van der Waals surface area contributed by atoms with Crippen LogP contribution in [0.4, 0.5) is 0 Å². The van der Waals surface area contributed by atoms with Gasteiger partial charge in [-0.25, -0.2) is 8.42 Å². The molecule has 6 atom stereocenters. The van der Waals surface area contributed by atoms with E-state index in [1.807, 2.05) is 0 Å². The van der Waals surface area contributed by atoms with Gasteiger partial charge in [-0.3, -0.25) is 4.79 Å². The van der Waals surface area contributed by atoms with Crippen LogP contribution in [0.15, 0.2) is 12.2 Å². The van der Waals surface area contributed by atoms with E-state index in [4.69, 9.17) is 14.6 Å². The van der Waals surface area contributed by atoms with E-state index in [0.717, 1.165) is 44.9 Å². The fraction of sp³-hybridized carbons (Fsp3) is 0.857. The molecule has 28 heavy (non-hydrogen) atoms. The molecule has 1 N–H and O–H groups in total. The predicted molar refractivity (Wildman–Crippen MR) is 105 cm³/mol. The molecule has 3 aliphatic heterocycles. The highest BCUT2D eigenvalue weighted by molar-refractivity contribution is 7.92. The number of hydrogen-bond donors (Lipinski definition) is 1. The number of aliphatic carboxylic acids is 1. The topological polar surface area (TPSA) is 93.2 Å². The summed E-state index contributed by atoms with van der Waals surface area (Å²) in [6.07, 6.45) is 12.7. The van der Waals surface area contributed by atoms with Crippen molar-refractivity contribution in [3.63, 3.8) is 0 Å². The zero-order valence-corrected chi connectivity index (χ0v) is 17.2. The van der Waals surface area contributed by atoms with Crippen LogP contribution in [0.1, 0.15) is 64.2 Å². The standard InChI is InChI=1S/C21H32O6S/c22-17(23)11-7-2-1-6-10-15-16(19-21-20(27-21)18(15)26-19)12-13-28(24,25)14-8-4-3-5-9-14/h1,6,14-16,18-21H,2-5,7-13H2,(H,22,23)/b6-1-/t15-,16+,18+,19-,20-,21+/m0/s1. The minimum atomic E-state index is -3.03. The summed E-state index contributed by atoms with van der Waals surface area (Å²) in [5.74, 6) is 0.0679. The summed E-state index contributed by atoms with van der Waals surface area (Å²) in [6.45, 7) is 0. The molecule has 2 bridgehead atoms. The number of allylic oxidation sites excluding steroid dienone is 2. The lowest BCUT2D eigenvalue weighted by molar-refractivity contribution is -0.137. The molecule has 6 nitrogen and oxygen atoms in total. The van der Waals surface area contributed by atoms with Crippen molar-refractivity contribution in [1.29, 1.82) is 0 Å². The van der Waals surface area contributed by atoms with E-state index in [1.165, 1.54) is 0 Å². The van der Waals surface area contributed by atoms with Crippen molar-refractivity contribution in [3.05, 3.63) is 12.2 Å². The van der Waals surface area contributed by atoms with Crippen LogP contribution in [-0.2, 0) is 24.1 Å². The van der Waals surface area contributed by atoms with Gasteiger partial charge in [0.1, 0.15) is 12.2 Å². The molecule has 3 heterocycles. The van der Waals surface area contributed by atoms with E-state index in [-0.39, 0.29) is 47.8 Å². The lowest BCUT2D eigenvalue weighted by Gasteiger charge is -2.27. The minimum absolute atomic E-state index is 0.0574. The number of ether oxygens (including phenoxy) is 2. The van der Waals surface area contributed by atoms with Crippen molar-refractivity contribution in [2.45, 2.75) is 93.9 Å². The first-order chi connectivity index (χ1) is 13.5. The maximum atomic E-state index is 12.8. The van der Waals surface area contributed by atoms with Gasteiger partial charge in [0.2, 0.25) is 0 Å². The molecular weight excluding hydrogens is 380 g/mol. The first-order valence-corrected chi connectivity index (χ1v) is 12.6. The summed E-state index contributed by atoms with van der Waals surface area (Å²) in [5.41, 5.74) is 0. The van der Waals surface area contributed by atoms with Gasteiger partial charge in [-0.15, -0.1) is 0 Å². The van der Waals surface area contributed by atoms with Crippen LogP contribution in [0.5, 0.6) is 0 Å². The van der Waals surface area contributed by atoms with Crippen molar-refractivity contribution in [2.75, 3.05) is 5.75 Å². The van der Waals surface area contributed by atoms with Crippen molar-refractivity contribution in [2.24, 2.45) is 11.8 Å². The molecule has 0 radical (unpaired) electrons. The van der Waals surface area contributed by atoms with Gasteiger partial charge in [0.25, 0.3) is 0 Å². The summed E-state index contributed by atoms with van der Waals surface area (Å²) in [4.78, 5) is 10.6. The van der Waals surface area contributed by atoms with Crippen LogP contribution < -0.4 is 0 Å². The number of carboxylic acid groups (broad SMARTS) is 1. The Morgan fingerprint density at radius 1 is 0.964 bits per heavy atom. The van der Waals surface area contributed by atoms with Crippen LogP contribution >= 0.6 is 0 Å². The molecule has 4 aliphatic rings. The van der Waals surface area contributed by atoms with Gasteiger partial charge < -0.3 is 14.6 Å². The Hall–Kier alpha value is -0.920. The molecule has 1 saturated carbocycles. The maximum Gasteiger partial charge on any atom is 0.303 e. The summed E-state index contributed by atoms with van der Waals surface area (Å²) in [5, 5.41) is 8.56. The Labute approximate surface area is 167 Å². The number of sulfone groups is 1. The van der Waals surface area contributed by atoms with Crippen molar-refractivity contribution in [1.82, 2.24) is 0 Å². The molecule has 158 valence electrons. The first-order valence-electron chi connectivity index (χ1n) is 10.9. The van der Waals surface area contributed by atoms with E-state index in [9.17, 15) is 13.2 Å². The van der Waals surface area contributed by atoms with Crippen molar-refractivity contribution >= 4 is 15.8 Å². The quantitative estimate of drug-likeness (QED) is 0.337. The number of hydrogen-bond acceptors (Lipinski definition) is 5. The average molecular weight is 413 g/mol. The molecule has 3 saturated heterocycles. The van der Waals surface area contributed by atoms with E-state index in [0.29, 0.717) is 18.8 Å². The summed E-state index contributed by atoms with van der Waals surface area (Å²) < 4.78 is 37.5. The molecule has 0 spiro atoms.